The molecule has 1 aromatic heterocycles. The van der Waals surface area contributed by atoms with Gasteiger partial charge < -0.3 is 10.1 Å². The first-order chi connectivity index (χ1) is 22.0. The second-order valence-corrected chi connectivity index (χ2v) is 14.0. The highest BCUT2D eigenvalue weighted by Crippen LogP contribution is 2.55. The van der Waals surface area contributed by atoms with Crippen molar-refractivity contribution in [3.63, 3.8) is 0 Å². The number of hydrogen-bond donors (Lipinski definition) is 1. The highest BCUT2D eigenvalue weighted by molar-refractivity contribution is 8.00. The largest absolute Gasteiger partial charge is 0.462 e. The fraction of sp³-hybridized carbons (Fsp3) is 0.194. The molecule has 1 saturated heterocycles. The fourth-order valence-corrected chi connectivity index (χ4v) is 8.97. The Morgan fingerprint density at radius 2 is 1.65 bits per heavy atom. The van der Waals surface area contributed by atoms with Gasteiger partial charge in [0.25, 0.3) is 0 Å². The van der Waals surface area contributed by atoms with Crippen molar-refractivity contribution in [1.29, 1.82) is 0 Å². The van der Waals surface area contributed by atoms with E-state index in [9.17, 15) is 24.0 Å². The van der Waals surface area contributed by atoms with E-state index in [-0.39, 0.29) is 39.5 Å². The Kier molecular flexibility index (Phi) is 9.26. The number of carbonyl (C=O) groups excluding carboxylic acids is 4. The number of imide groups is 1. The third-order valence-corrected chi connectivity index (χ3v) is 11.7. The van der Waals surface area contributed by atoms with Gasteiger partial charge in [-0.25, -0.2) is 9.69 Å². The van der Waals surface area contributed by atoms with Crippen LogP contribution in [0.4, 0.5) is 11.4 Å². The molecule has 3 aromatic carbocycles. The molecule has 46 heavy (non-hydrogen) atoms. The van der Waals surface area contributed by atoms with E-state index in [1.165, 1.54) is 41.0 Å². The number of carbonyl (C=O) groups is 4. The van der Waals surface area contributed by atoms with Crippen LogP contribution in [0, 0.1) is 5.92 Å². The number of amides is 3. The van der Waals surface area contributed by atoms with E-state index < -0.39 is 45.6 Å². The first-order valence-electron chi connectivity index (χ1n) is 13.7. The lowest BCUT2D eigenvalue weighted by atomic mass is 9.83. The molecule has 3 heterocycles. The molecule has 1 fully saturated rings. The van der Waals surface area contributed by atoms with Gasteiger partial charge in [-0.05, 0) is 61.0 Å². The maximum atomic E-state index is 14.1. The Labute approximate surface area is 290 Å². The molecular weight excluding hydrogens is 716 g/mol. The molecule has 3 atom stereocenters. The predicted octanol–water partition coefficient (Wildman–Crippen LogP) is 7.13. The molecule has 0 unspecified atom stereocenters. The Morgan fingerprint density at radius 1 is 0.913 bits per heavy atom. The summed E-state index contributed by atoms with van der Waals surface area (Å²) in [4.78, 5) is 67.9. The zero-order valence-corrected chi connectivity index (χ0v) is 28.2. The lowest BCUT2D eigenvalue weighted by molar-refractivity contribution is -0.122. The second kappa shape index (κ2) is 13.1. The van der Waals surface area contributed by atoms with Crippen LogP contribution in [-0.2, 0) is 25.7 Å². The number of thioether (sulfide) groups is 1. The summed E-state index contributed by atoms with van der Waals surface area (Å²) in [5, 5.41) is 3.12. The number of benzene rings is 3. The number of aromatic nitrogens is 1. The number of hydrogen-bond acceptors (Lipinski definition) is 8. The lowest BCUT2D eigenvalue weighted by Crippen LogP contribution is -2.33. The standard InChI is InChI=1S/C31H21Cl4N3O6S2/c1-2-44-30(42)14-6-9-16(10-7-14)38-27(40)23-22(17-4-3-5-19(33)24(17)35)26-29(45-25(23)28(38)41)37(31(43)46-26)13-21(39)36-15-8-11-18(32)20(34)12-15/h3-12,22-23,25H,2,13H2,1H3,(H,36,39)/t22-,23-,25+/m0/s1. The Balaban J connectivity index is 1.39. The summed E-state index contributed by atoms with van der Waals surface area (Å²) in [5.41, 5.74) is 1.40. The van der Waals surface area contributed by atoms with Crippen molar-refractivity contribution in [2.45, 2.75) is 29.7 Å². The van der Waals surface area contributed by atoms with Crippen LogP contribution in [0.25, 0.3) is 0 Å². The summed E-state index contributed by atoms with van der Waals surface area (Å²) >= 11 is 27.1. The van der Waals surface area contributed by atoms with Gasteiger partial charge in [-0.15, -0.1) is 0 Å². The van der Waals surface area contributed by atoms with Crippen LogP contribution in [0.3, 0.4) is 0 Å². The second-order valence-electron chi connectivity index (χ2n) is 10.3. The van der Waals surface area contributed by atoms with Crippen LogP contribution in [0.5, 0.6) is 0 Å². The number of esters is 1. The van der Waals surface area contributed by atoms with Crippen LogP contribution in [0.2, 0.25) is 20.1 Å². The van der Waals surface area contributed by atoms with Gasteiger partial charge in [0.05, 0.1) is 48.9 Å². The van der Waals surface area contributed by atoms with Gasteiger partial charge in [0.2, 0.25) is 17.7 Å². The van der Waals surface area contributed by atoms with Crippen LogP contribution in [0.1, 0.15) is 33.6 Å². The molecule has 4 aromatic rings. The van der Waals surface area contributed by atoms with E-state index in [0.717, 1.165) is 28.0 Å². The van der Waals surface area contributed by atoms with Gasteiger partial charge in [-0.3, -0.25) is 23.7 Å². The minimum absolute atomic E-state index is 0.188. The average molecular weight is 737 g/mol. The number of ether oxygens (including phenoxy) is 1. The molecular formula is C31H21Cl4N3O6S2. The quantitative estimate of drug-likeness (QED) is 0.159. The number of thiazole rings is 1. The first kappa shape index (κ1) is 32.6. The molecule has 0 spiro atoms. The zero-order chi connectivity index (χ0) is 32.9. The summed E-state index contributed by atoms with van der Waals surface area (Å²) in [5.74, 6) is -3.81. The first-order valence-corrected chi connectivity index (χ1v) is 16.9. The molecule has 9 nitrogen and oxygen atoms in total. The van der Waals surface area contributed by atoms with Gasteiger partial charge in [0.15, 0.2) is 0 Å². The Morgan fingerprint density at radius 3 is 2.35 bits per heavy atom. The number of fused-ring (bicyclic) bond motifs is 2. The van der Waals surface area contributed by atoms with Gasteiger partial charge in [0, 0.05) is 16.5 Å². The topological polar surface area (TPSA) is 115 Å². The summed E-state index contributed by atoms with van der Waals surface area (Å²) < 4.78 is 6.32. The normalized spacial score (nSPS) is 18.7. The number of anilines is 2. The molecule has 15 heteroatoms. The van der Waals surface area contributed by atoms with Crippen molar-refractivity contribution < 1.29 is 23.9 Å². The highest BCUT2D eigenvalue weighted by atomic mass is 35.5. The van der Waals surface area contributed by atoms with Crippen molar-refractivity contribution in [3.05, 3.63) is 106 Å². The minimum Gasteiger partial charge on any atom is -0.462 e. The van der Waals surface area contributed by atoms with E-state index in [2.05, 4.69) is 5.32 Å². The number of halogens is 4. The van der Waals surface area contributed by atoms with Crippen LogP contribution in [-0.4, -0.2) is 40.1 Å². The monoisotopic (exact) mass is 735 g/mol. The van der Waals surface area contributed by atoms with Gasteiger partial charge in [0.1, 0.15) is 11.8 Å². The molecule has 0 saturated carbocycles. The van der Waals surface area contributed by atoms with Crippen molar-refractivity contribution in [2.75, 3.05) is 16.8 Å². The fourth-order valence-electron chi connectivity index (χ4n) is 5.48. The summed E-state index contributed by atoms with van der Waals surface area (Å²) in [6.45, 7) is 1.52. The van der Waals surface area contributed by atoms with Crippen LogP contribution in [0.15, 0.2) is 70.5 Å². The number of rotatable bonds is 7. The minimum atomic E-state index is -0.955. The molecule has 6 rings (SSSR count). The van der Waals surface area contributed by atoms with E-state index >= 15 is 0 Å². The maximum absolute atomic E-state index is 14.1. The predicted molar refractivity (Wildman–Crippen MR) is 180 cm³/mol. The van der Waals surface area contributed by atoms with Crippen LogP contribution < -0.4 is 15.1 Å². The Bertz CT molecular complexity index is 1980. The lowest BCUT2D eigenvalue weighted by Gasteiger charge is -2.31. The third kappa shape index (κ3) is 5.85. The molecule has 0 aliphatic carbocycles. The van der Waals surface area contributed by atoms with Crippen molar-refractivity contribution >= 4 is 105 Å². The van der Waals surface area contributed by atoms with Crippen molar-refractivity contribution in [3.8, 4) is 0 Å². The zero-order valence-electron chi connectivity index (χ0n) is 23.6. The molecule has 0 radical (unpaired) electrons. The van der Waals surface area contributed by atoms with Crippen molar-refractivity contribution in [1.82, 2.24) is 4.57 Å². The molecule has 2 aliphatic rings. The van der Waals surface area contributed by atoms with E-state index in [1.54, 1.807) is 31.2 Å². The number of nitrogens with one attached hydrogen (secondary N) is 1. The molecule has 2 aliphatic heterocycles. The maximum Gasteiger partial charge on any atom is 0.338 e. The summed E-state index contributed by atoms with van der Waals surface area (Å²) in [7, 11) is 0. The van der Waals surface area contributed by atoms with Crippen LogP contribution >= 0.6 is 69.5 Å². The highest BCUT2D eigenvalue weighted by Gasteiger charge is 2.57. The van der Waals surface area contributed by atoms with Gasteiger partial charge in [-0.1, -0.05) is 81.6 Å². The SMILES string of the molecule is CCOC(=O)c1ccc(N2C(=O)[C@H]3[C@H](c4cccc(Cl)c4Cl)c4sc(=O)n(CC(=O)Nc5ccc(Cl)c(Cl)c5)c4S[C@H]3C2=O)cc1. The van der Waals surface area contributed by atoms with E-state index in [1.807, 2.05) is 0 Å². The summed E-state index contributed by atoms with van der Waals surface area (Å²) in [6.07, 6.45) is 0. The van der Waals surface area contributed by atoms with E-state index in [4.69, 9.17) is 51.1 Å². The molecule has 1 N–H and O–H groups in total. The van der Waals surface area contributed by atoms with Gasteiger partial charge >= 0.3 is 10.8 Å². The third-order valence-electron chi connectivity index (χ3n) is 7.51. The summed E-state index contributed by atoms with van der Waals surface area (Å²) in [6, 6.07) is 15.6. The molecule has 3 amide bonds. The average Bonchev–Trinajstić information content (AvgIpc) is 3.47. The van der Waals surface area contributed by atoms with E-state index in [0.29, 0.717) is 26.2 Å². The smallest absolute Gasteiger partial charge is 0.338 e. The number of nitrogens with zero attached hydrogens (tertiary/aromatic N) is 2. The van der Waals surface area contributed by atoms with Gasteiger partial charge in [-0.2, -0.15) is 0 Å². The Hall–Kier alpha value is -3.32. The molecule has 236 valence electrons. The molecule has 0 bridgehead atoms. The van der Waals surface area contributed by atoms with Crippen molar-refractivity contribution in [2.24, 2.45) is 5.92 Å².